The maximum absolute atomic E-state index is 10.9. The molecule has 3 nitrogen and oxygen atoms in total. The van der Waals surface area contributed by atoms with Crippen LogP contribution in [0.3, 0.4) is 0 Å². The summed E-state index contributed by atoms with van der Waals surface area (Å²) in [5, 5.41) is 3.07. The van der Waals surface area contributed by atoms with Crippen LogP contribution >= 0.6 is 0 Å². The monoisotopic (exact) mass is 191 g/mol. The molecule has 1 aromatic carbocycles. The Morgan fingerprint density at radius 2 is 2.00 bits per heavy atom. The van der Waals surface area contributed by atoms with Gasteiger partial charge in [0.25, 0.3) is 0 Å². The fraction of sp³-hybridized carbons (Fsp3) is 0.182. The second-order valence-electron chi connectivity index (χ2n) is 2.84. The van der Waals surface area contributed by atoms with Crippen LogP contribution in [0, 0.1) is 0 Å². The lowest BCUT2D eigenvalue weighted by molar-refractivity contribution is -0.134. The maximum atomic E-state index is 10.9. The second kappa shape index (κ2) is 5.07. The predicted molar refractivity (Wildman–Crippen MR) is 55.8 cm³/mol. The Hall–Kier alpha value is -1.77. The zero-order chi connectivity index (χ0) is 10.4. The summed E-state index contributed by atoms with van der Waals surface area (Å²) in [6.07, 6.45) is 1.41. The zero-order valence-corrected chi connectivity index (χ0v) is 8.28. The number of carbonyl (C=O) groups is 1. The van der Waals surface area contributed by atoms with Crippen molar-refractivity contribution >= 4 is 11.7 Å². The van der Waals surface area contributed by atoms with Crippen molar-refractivity contribution in [1.82, 2.24) is 0 Å². The number of methoxy groups -OCH3 is 1. The standard InChI is InChI=1S/C11H13NO2/c1-9(8-11(13)14-2)12-10-6-4-3-5-7-10/h3-8,12H,1-2H3/b9-8+. The van der Waals surface area contributed by atoms with E-state index in [0.29, 0.717) is 0 Å². The molecule has 0 aliphatic rings. The van der Waals surface area contributed by atoms with E-state index in [9.17, 15) is 4.79 Å². The van der Waals surface area contributed by atoms with E-state index in [0.717, 1.165) is 11.4 Å². The van der Waals surface area contributed by atoms with Crippen molar-refractivity contribution in [2.24, 2.45) is 0 Å². The molecule has 0 spiro atoms. The fourth-order valence-electron chi connectivity index (χ4n) is 1.02. The number of hydrogen-bond donors (Lipinski definition) is 1. The summed E-state index contributed by atoms with van der Waals surface area (Å²) in [5.74, 6) is -0.356. The number of esters is 1. The number of rotatable bonds is 3. The number of allylic oxidation sites excluding steroid dienone is 1. The van der Waals surface area contributed by atoms with Crippen molar-refractivity contribution < 1.29 is 9.53 Å². The van der Waals surface area contributed by atoms with Crippen molar-refractivity contribution in [3.8, 4) is 0 Å². The van der Waals surface area contributed by atoms with E-state index in [2.05, 4.69) is 10.1 Å². The normalized spacial score (nSPS) is 10.9. The molecule has 1 rings (SSSR count). The maximum Gasteiger partial charge on any atom is 0.332 e. The number of carbonyl (C=O) groups excluding carboxylic acids is 1. The molecule has 0 saturated carbocycles. The van der Waals surface area contributed by atoms with Gasteiger partial charge in [-0.05, 0) is 19.1 Å². The quantitative estimate of drug-likeness (QED) is 0.587. The van der Waals surface area contributed by atoms with E-state index >= 15 is 0 Å². The molecule has 0 fully saturated rings. The van der Waals surface area contributed by atoms with Crippen LogP contribution in [-0.4, -0.2) is 13.1 Å². The molecule has 0 aliphatic carbocycles. The van der Waals surface area contributed by atoms with Gasteiger partial charge < -0.3 is 10.1 Å². The lowest BCUT2D eigenvalue weighted by Gasteiger charge is -2.05. The molecule has 0 aromatic heterocycles. The Morgan fingerprint density at radius 1 is 1.36 bits per heavy atom. The zero-order valence-electron chi connectivity index (χ0n) is 8.28. The molecule has 0 amide bonds. The third-order valence-corrected chi connectivity index (χ3v) is 1.65. The number of benzene rings is 1. The first-order chi connectivity index (χ1) is 6.72. The van der Waals surface area contributed by atoms with Crippen molar-refractivity contribution in [3.63, 3.8) is 0 Å². The summed E-state index contributed by atoms with van der Waals surface area (Å²) < 4.78 is 4.50. The Labute approximate surface area is 83.4 Å². The molecule has 1 aromatic rings. The molecule has 0 unspecified atom stereocenters. The third kappa shape index (κ3) is 3.31. The number of nitrogens with one attached hydrogen (secondary N) is 1. The Morgan fingerprint density at radius 3 is 2.57 bits per heavy atom. The van der Waals surface area contributed by atoms with Crippen LogP contribution in [0.2, 0.25) is 0 Å². The van der Waals surface area contributed by atoms with Crippen LogP contribution < -0.4 is 5.32 Å². The topological polar surface area (TPSA) is 38.3 Å². The summed E-state index contributed by atoms with van der Waals surface area (Å²) >= 11 is 0. The number of anilines is 1. The first kappa shape index (κ1) is 10.3. The highest BCUT2D eigenvalue weighted by Crippen LogP contribution is 2.08. The molecule has 0 bridgehead atoms. The minimum Gasteiger partial charge on any atom is -0.466 e. The smallest absolute Gasteiger partial charge is 0.332 e. The van der Waals surface area contributed by atoms with Gasteiger partial charge in [-0.15, -0.1) is 0 Å². The van der Waals surface area contributed by atoms with E-state index < -0.39 is 0 Å². The fourth-order valence-corrected chi connectivity index (χ4v) is 1.02. The molecule has 0 aliphatic heterocycles. The van der Waals surface area contributed by atoms with Gasteiger partial charge in [0.1, 0.15) is 0 Å². The van der Waals surface area contributed by atoms with Crippen LogP contribution in [0.25, 0.3) is 0 Å². The highest BCUT2D eigenvalue weighted by Gasteiger charge is 1.96. The summed E-state index contributed by atoms with van der Waals surface area (Å²) in [5.41, 5.74) is 1.70. The van der Waals surface area contributed by atoms with Gasteiger partial charge in [-0.2, -0.15) is 0 Å². The Balaban J connectivity index is 2.61. The Bertz CT molecular complexity index is 330. The van der Waals surface area contributed by atoms with E-state index in [4.69, 9.17) is 0 Å². The molecule has 3 heteroatoms. The largest absolute Gasteiger partial charge is 0.466 e. The molecule has 74 valence electrons. The van der Waals surface area contributed by atoms with Gasteiger partial charge in [-0.3, -0.25) is 0 Å². The molecule has 1 N–H and O–H groups in total. The van der Waals surface area contributed by atoms with Gasteiger partial charge in [0, 0.05) is 17.5 Å². The van der Waals surface area contributed by atoms with Crippen molar-refractivity contribution in [2.75, 3.05) is 12.4 Å². The van der Waals surface area contributed by atoms with Gasteiger partial charge in [0.05, 0.1) is 7.11 Å². The number of ether oxygens (including phenoxy) is 1. The second-order valence-corrected chi connectivity index (χ2v) is 2.84. The molecule has 0 saturated heterocycles. The SMILES string of the molecule is COC(=O)/C=C(\C)Nc1ccccc1. The highest BCUT2D eigenvalue weighted by molar-refractivity contribution is 5.83. The molecule has 0 radical (unpaired) electrons. The molecule has 0 heterocycles. The predicted octanol–water partition coefficient (Wildman–Crippen LogP) is 2.18. The lowest BCUT2D eigenvalue weighted by atomic mass is 10.3. The minimum atomic E-state index is -0.356. The van der Waals surface area contributed by atoms with Gasteiger partial charge in [-0.25, -0.2) is 4.79 Å². The van der Waals surface area contributed by atoms with E-state index in [-0.39, 0.29) is 5.97 Å². The summed E-state index contributed by atoms with van der Waals surface area (Å²) in [6, 6.07) is 9.63. The van der Waals surface area contributed by atoms with Gasteiger partial charge in [0.15, 0.2) is 0 Å². The van der Waals surface area contributed by atoms with E-state index in [1.54, 1.807) is 0 Å². The number of para-hydroxylation sites is 1. The molecular weight excluding hydrogens is 178 g/mol. The van der Waals surface area contributed by atoms with E-state index in [1.807, 2.05) is 37.3 Å². The minimum absolute atomic E-state index is 0.356. The average Bonchev–Trinajstić information content (AvgIpc) is 2.19. The van der Waals surface area contributed by atoms with Crippen molar-refractivity contribution in [2.45, 2.75) is 6.92 Å². The summed E-state index contributed by atoms with van der Waals surface area (Å²) in [7, 11) is 1.36. The first-order valence-corrected chi connectivity index (χ1v) is 4.30. The molecule has 14 heavy (non-hydrogen) atoms. The first-order valence-electron chi connectivity index (χ1n) is 4.30. The van der Waals surface area contributed by atoms with Crippen LogP contribution in [-0.2, 0) is 9.53 Å². The highest BCUT2D eigenvalue weighted by atomic mass is 16.5. The summed E-state index contributed by atoms with van der Waals surface area (Å²) in [6.45, 7) is 1.81. The van der Waals surface area contributed by atoms with Crippen LogP contribution in [0.4, 0.5) is 5.69 Å². The van der Waals surface area contributed by atoms with Crippen molar-refractivity contribution in [1.29, 1.82) is 0 Å². The van der Waals surface area contributed by atoms with Gasteiger partial charge in [-0.1, -0.05) is 18.2 Å². The number of hydrogen-bond acceptors (Lipinski definition) is 3. The molecule has 0 atom stereocenters. The van der Waals surface area contributed by atoms with Gasteiger partial charge >= 0.3 is 5.97 Å². The third-order valence-electron chi connectivity index (χ3n) is 1.65. The van der Waals surface area contributed by atoms with Crippen molar-refractivity contribution in [3.05, 3.63) is 42.1 Å². The Kier molecular flexibility index (Phi) is 3.73. The lowest BCUT2D eigenvalue weighted by Crippen LogP contribution is -2.01. The summed E-state index contributed by atoms with van der Waals surface area (Å²) in [4.78, 5) is 10.9. The average molecular weight is 191 g/mol. The van der Waals surface area contributed by atoms with Gasteiger partial charge in [0.2, 0.25) is 0 Å². The molecular formula is C11H13NO2. The van der Waals surface area contributed by atoms with E-state index in [1.165, 1.54) is 13.2 Å². The van der Waals surface area contributed by atoms with Crippen LogP contribution in [0.1, 0.15) is 6.92 Å². The van der Waals surface area contributed by atoms with Crippen LogP contribution in [0.5, 0.6) is 0 Å². The van der Waals surface area contributed by atoms with Crippen LogP contribution in [0.15, 0.2) is 42.1 Å².